The van der Waals surface area contributed by atoms with Gasteiger partial charge in [-0.05, 0) is 0 Å². The first kappa shape index (κ1) is 13.4. The van der Waals surface area contributed by atoms with Crippen molar-refractivity contribution >= 4 is 33.1 Å². The van der Waals surface area contributed by atoms with Crippen LogP contribution < -0.4 is 3.71 Å². The molecule has 3 heterocycles. The molecule has 2 aromatic rings. The second kappa shape index (κ2) is 5.05. The second-order valence-electron chi connectivity index (χ2n) is 6.26. The second-order valence-corrected chi connectivity index (χ2v) is 20.5. The Morgan fingerprint density at radius 2 is 2.00 bits per heavy atom. The summed E-state index contributed by atoms with van der Waals surface area (Å²) in [6, 6.07) is 4.66. The Hall–Kier alpha value is -0.621. The molecule has 19 heavy (non-hydrogen) atoms. The van der Waals surface area contributed by atoms with Gasteiger partial charge in [-0.15, -0.1) is 0 Å². The quantitative estimate of drug-likeness (QED) is 0.767. The summed E-state index contributed by atoms with van der Waals surface area (Å²) >= 11 is -2.20. The molecular weight excluding hydrogens is 345 g/mol. The molecule has 0 N–H and O–H groups in total. The van der Waals surface area contributed by atoms with Gasteiger partial charge in [-0.25, -0.2) is 0 Å². The number of hydrogen-bond acceptors (Lipinski definition) is 3. The Kier molecular flexibility index (Phi) is 3.55. The fourth-order valence-corrected chi connectivity index (χ4v) is 6.74. The molecule has 5 heteroatoms. The molecule has 1 fully saturated rings. The number of rotatable bonds is 2. The molecule has 0 spiro atoms. The van der Waals surface area contributed by atoms with Crippen LogP contribution in [0.3, 0.4) is 0 Å². The summed E-state index contributed by atoms with van der Waals surface area (Å²) in [6.45, 7) is 1.68. The number of nitrogens with zero attached hydrogens (tertiary/aromatic N) is 3. The van der Waals surface area contributed by atoms with Gasteiger partial charge in [0.25, 0.3) is 0 Å². The standard InChI is InChI=1S/C11H12N3O.3CH3.Sn/c1-2-9-8-13-14(11(9)12-5-1)10-3-6-15-7-4-10;;;;/h1-2,5,10H,3-4,6-7H2;3*1H3;. The zero-order valence-electron chi connectivity index (χ0n) is 11.9. The third-order valence-electron chi connectivity index (χ3n) is 3.71. The van der Waals surface area contributed by atoms with E-state index >= 15 is 0 Å². The Balaban J connectivity index is 2.14. The summed E-state index contributed by atoms with van der Waals surface area (Å²) in [7, 11) is 0. The first-order valence-electron chi connectivity index (χ1n) is 6.99. The van der Waals surface area contributed by atoms with Crippen molar-refractivity contribution in [3.05, 3.63) is 18.3 Å². The van der Waals surface area contributed by atoms with Gasteiger partial charge >= 0.3 is 118 Å². The van der Waals surface area contributed by atoms with E-state index in [1.165, 1.54) is 9.10 Å². The van der Waals surface area contributed by atoms with Crippen LogP contribution >= 0.6 is 0 Å². The minimum atomic E-state index is -2.20. The van der Waals surface area contributed by atoms with Gasteiger partial charge in [-0.2, -0.15) is 0 Å². The van der Waals surface area contributed by atoms with Gasteiger partial charge < -0.3 is 0 Å². The van der Waals surface area contributed by atoms with Crippen LogP contribution in [0.25, 0.3) is 11.0 Å². The average molecular weight is 366 g/mol. The van der Waals surface area contributed by atoms with Crippen molar-refractivity contribution in [1.29, 1.82) is 0 Å². The van der Waals surface area contributed by atoms with Gasteiger partial charge in [0.05, 0.1) is 0 Å². The van der Waals surface area contributed by atoms with Crippen LogP contribution in [-0.4, -0.2) is 46.4 Å². The van der Waals surface area contributed by atoms with E-state index in [1.807, 2.05) is 12.3 Å². The molecule has 0 atom stereocenters. The van der Waals surface area contributed by atoms with Gasteiger partial charge in [0.2, 0.25) is 0 Å². The topological polar surface area (TPSA) is 39.9 Å². The molecule has 4 nitrogen and oxygen atoms in total. The van der Waals surface area contributed by atoms with Crippen LogP contribution in [0.4, 0.5) is 0 Å². The van der Waals surface area contributed by atoms with Crippen molar-refractivity contribution in [1.82, 2.24) is 14.8 Å². The summed E-state index contributed by atoms with van der Waals surface area (Å²) in [5.41, 5.74) is 1.07. The van der Waals surface area contributed by atoms with E-state index in [0.717, 1.165) is 31.7 Å². The Bertz CT molecular complexity index is 582. The molecule has 0 aromatic carbocycles. The van der Waals surface area contributed by atoms with Crippen molar-refractivity contribution in [3.8, 4) is 0 Å². The Morgan fingerprint density at radius 1 is 1.26 bits per heavy atom. The summed E-state index contributed by atoms with van der Waals surface area (Å²) < 4.78 is 8.99. The molecule has 3 rings (SSSR count). The summed E-state index contributed by atoms with van der Waals surface area (Å²) in [4.78, 5) is 11.8. The van der Waals surface area contributed by atoms with Crippen molar-refractivity contribution in [2.75, 3.05) is 13.2 Å². The molecular formula is C14H21N3OSn. The summed E-state index contributed by atoms with van der Waals surface area (Å²) in [5, 5.41) is 6.25. The fraction of sp³-hybridized carbons (Fsp3) is 0.571. The van der Waals surface area contributed by atoms with E-state index in [-0.39, 0.29) is 0 Å². The van der Waals surface area contributed by atoms with Crippen molar-refractivity contribution in [2.45, 2.75) is 33.7 Å². The van der Waals surface area contributed by atoms with E-state index in [2.05, 4.69) is 30.6 Å². The third kappa shape index (κ3) is 2.52. The number of fused-ring (bicyclic) bond motifs is 1. The first-order valence-corrected chi connectivity index (χ1v) is 17.0. The van der Waals surface area contributed by atoms with Gasteiger partial charge in [0.1, 0.15) is 0 Å². The van der Waals surface area contributed by atoms with Crippen LogP contribution in [0.1, 0.15) is 18.9 Å². The number of pyridine rings is 1. The summed E-state index contributed by atoms with van der Waals surface area (Å²) in [5.74, 6) is 0. The van der Waals surface area contributed by atoms with Gasteiger partial charge in [0, 0.05) is 0 Å². The first-order chi connectivity index (χ1) is 9.07. The van der Waals surface area contributed by atoms with Gasteiger partial charge in [-0.1, -0.05) is 0 Å². The Morgan fingerprint density at radius 3 is 2.68 bits per heavy atom. The van der Waals surface area contributed by atoms with Crippen LogP contribution in [0.5, 0.6) is 0 Å². The molecule has 0 radical (unpaired) electrons. The molecule has 2 aromatic heterocycles. The zero-order chi connectivity index (χ0) is 13.5. The number of aromatic nitrogens is 3. The minimum absolute atomic E-state index is 0.452. The molecule has 0 aliphatic carbocycles. The van der Waals surface area contributed by atoms with E-state index in [9.17, 15) is 0 Å². The molecule has 0 bridgehead atoms. The molecule has 0 saturated carbocycles. The van der Waals surface area contributed by atoms with E-state index < -0.39 is 18.4 Å². The van der Waals surface area contributed by atoms with Crippen molar-refractivity contribution in [2.24, 2.45) is 0 Å². The maximum absolute atomic E-state index is 5.46. The fourth-order valence-electron chi connectivity index (χ4n) is 2.71. The Labute approximate surface area is 118 Å². The van der Waals surface area contributed by atoms with E-state index in [4.69, 9.17) is 9.84 Å². The predicted molar refractivity (Wildman–Crippen MR) is 79.6 cm³/mol. The molecule has 0 amide bonds. The van der Waals surface area contributed by atoms with E-state index in [0.29, 0.717) is 6.04 Å². The van der Waals surface area contributed by atoms with Crippen LogP contribution in [0.2, 0.25) is 14.8 Å². The number of ether oxygens (including phenoxy) is 1. The molecule has 102 valence electrons. The van der Waals surface area contributed by atoms with Crippen molar-refractivity contribution in [3.63, 3.8) is 0 Å². The normalized spacial score (nSPS) is 18.1. The monoisotopic (exact) mass is 367 g/mol. The van der Waals surface area contributed by atoms with E-state index in [1.54, 1.807) is 0 Å². The molecule has 1 aliphatic heterocycles. The summed E-state index contributed by atoms with van der Waals surface area (Å²) in [6.07, 6.45) is 3.97. The van der Waals surface area contributed by atoms with Gasteiger partial charge in [0.15, 0.2) is 0 Å². The molecule has 1 aliphatic rings. The molecule has 1 saturated heterocycles. The zero-order valence-corrected chi connectivity index (χ0v) is 14.7. The average Bonchev–Trinajstić information content (AvgIpc) is 2.79. The van der Waals surface area contributed by atoms with Gasteiger partial charge in [-0.3, -0.25) is 0 Å². The maximum atomic E-state index is 5.46. The number of hydrogen-bond donors (Lipinski definition) is 0. The van der Waals surface area contributed by atoms with Crippen LogP contribution in [0, 0.1) is 0 Å². The molecule has 0 unspecified atom stereocenters. The van der Waals surface area contributed by atoms with Crippen molar-refractivity contribution < 1.29 is 4.74 Å². The SMILES string of the molecule is [CH3][Sn]([CH3])([CH3])[c]1nn(C2CCOCC2)c2ncccc12. The third-order valence-corrected chi connectivity index (χ3v) is 8.82. The van der Waals surface area contributed by atoms with Crippen LogP contribution in [0.15, 0.2) is 18.3 Å². The predicted octanol–water partition coefficient (Wildman–Crippen LogP) is 2.33. The van der Waals surface area contributed by atoms with Crippen LogP contribution in [-0.2, 0) is 4.74 Å².